The topological polar surface area (TPSA) is 103 Å². The van der Waals surface area contributed by atoms with Crippen LogP contribution in [0, 0.1) is 0 Å². The minimum atomic E-state index is -3.66. The number of amides is 1. The van der Waals surface area contributed by atoms with Crippen molar-refractivity contribution in [3.05, 3.63) is 54.1 Å². The van der Waals surface area contributed by atoms with Crippen molar-refractivity contribution in [1.29, 1.82) is 0 Å². The number of carbonyl (C=O) groups is 1. The summed E-state index contributed by atoms with van der Waals surface area (Å²) in [5, 5.41) is 2.64. The fourth-order valence-corrected chi connectivity index (χ4v) is 3.64. The van der Waals surface area contributed by atoms with Crippen molar-refractivity contribution in [2.75, 3.05) is 33.4 Å². The third kappa shape index (κ3) is 7.62. The van der Waals surface area contributed by atoms with Gasteiger partial charge in [0.25, 0.3) is 0 Å². The third-order valence-corrected chi connectivity index (χ3v) is 5.56. The molecule has 0 aromatic heterocycles. The molecule has 8 nitrogen and oxygen atoms in total. The second kappa shape index (κ2) is 12.0. The van der Waals surface area contributed by atoms with Crippen LogP contribution in [0.3, 0.4) is 0 Å². The summed E-state index contributed by atoms with van der Waals surface area (Å²) >= 11 is 0. The summed E-state index contributed by atoms with van der Waals surface area (Å²) in [7, 11) is -2.15. The number of sulfonamides is 1. The van der Waals surface area contributed by atoms with Gasteiger partial charge in [-0.15, -0.1) is 0 Å². The fourth-order valence-electron chi connectivity index (χ4n) is 2.61. The highest BCUT2D eigenvalue weighted by atomic mass is 32.2. The van der Waals surface area contributed by atoms with Crippen molar-refractivity contribution in [3.63, 3.8) is 0 Å². The summed E-state index contributed by atoms with van der Waals surface area (Å²) in [6, 6.07) is 11.4. The number of benzene rings is 2. The molecule has 0 fully saturated rings. The van der Waals surface area contributed by atoms with Crippen LogP contribution in [0.25, 0.3) is 6.08 Å². The standard InChI is InChI=1S/C22H28N2O6S/c1-4-29-20-12-6-17(16-21(20)30-5-2)7-13-22(25)23-14-15-24-31(26,27)19-10-8-18(28-3)9-11-19/h6-13,16,24H,4-5,14-15H2,1-3H3,(H,23,25)/b13-7+. The lowest BCUT2D eigenvalue weighted by atomic mass is 10.2. The molecule has 0 unspecified atom stereocenters. The van der Waals surface area contributed by atoms with Crippen LogP contribution in [0.5, 0.6) is 17.2 Å². The minimum Gasteiger partial charge on any atom is -0.497 e. The van der Waals surface area contributed by atoms with Crippen LogP contribution in [0.4, 0.5) is 0 Å². The third-order valence-electron chi connectivity index (χ3n) is 4.08. The van der Waals surface area contributed by atoms with Gasteiger partial charge in [0.15, 0.2) is 11.5 Å². The van der Waals surface area contributed by atoms with E-state index in [1.165, 1.54) is 25.3 Å². The summed E-state index contributed by atoms with van der Waals surface area (Å²) in [6.07, 6.45) is 3.03. The molecule has 2 N–H and O–H groups in total. The van der Waals surface area contributed by atoms with Gasteiger partial charge in [-0.2, -0.15) is 0 Å². The van der Waals surface area contributed by atoms with Gasteiger partial charge in [-0.25, -0.2) is 13.1 Å². The zero-order valence-corrected chi connectivity index (χ0v) is 18.7. The molecular weight excluding hydrogens is 420 g/mol. The zero-order valence-electron chi connectivity index (χ0n) is 17.9. The van der Waals surface area contributed by atoms with E-state index in [9.17, 15) is 13.2 Å². The minimum absolute atomic E-state index is 0.0610. The van der Waals surface area contributed by atoms with Crippen molar-refractivity contribution >= 4 is 22.0 Å². The molecule has 168 valence electrons. The van der Waals surface area contributed by atoms with E-state index >= 15 is 0 Å². The largest absolute Gasteiger partial charge is 0.497 e. The summed E-state index contributed by atoms with van der Waals surface area (Å²) in [6.45, 7) is 5.01. The molecule has 0 spiro atoms. The van der Waals surface area contributed by atoms with E-state index < -0.39 is 10.0 Å². The van der Waals surface area contributed by atoms with E-state index in [1.807, 2.05) is 19.9 Å². The van der Waals surface area contributed by atoms with E-state index in [0.717, 1.165) is 5.56 Å². The predicted molar refractivity (Wildman–Crippen MR) is 119 cm³/mol. The van der Waals surface area contributed by atoms with Crippen LogP contribution in [-0.4, -0.2) is 47.7 Å². The molecule has 0 atom stereocenters. The van der Waals surface area contributed by atoms with Crippen LogP contribution >= 0.6 is 0 Å². The lowest BCUT2D eigenvalue weighted by Crippen LogP contribution is -2.34. The van der Waals surface area contributed by atoms with Crippen LogP contribution < -0.4 is 24.2 Å². The van der Waals surface area contributed by atoms with Gasteiger partial charge in [0, 0.05) is 19.2 Å². The molecule has 0 bridgehead atoms. The SMILES string of the molecule is CCOc1ccc(/C=C/C(=O)NCCNS(=O)(=O)c2ccc(OC)cc2)cc1OCC. The van der Waals surface area contributed by atoms with Crippen LogP contribution in [-0.2, 0) is 14.8 Å². The first-order valence-corrected chi connectivity index (χ1v) is 11.4. The lowest BCUT2D eigenvalue weighted by Gasteiger charge is -2.11. The summed E-state index contributed by atoms with van der Waals surface area (Å²) < 4.78 is 43.0. The molecule has 0 aliphatic carbocycles. The number of methoxy groups -OCH3 is 1. The maximum absolute atomic E-state index is 12.2. The molecule has 0 heterocycles. The normalized spacial score (nSPS) is 11.3. The molecule has 2 aromatic carbocycles. The molecule has 0 aliphatic heterocycles. The van der Waals surface area contributed by atoms with Gasteiger partial charge in [-0.1, -0.05) is 6.07 Å². The highest BCUT2D eigenvalue weighted by Crippen LogP contribution is 2.29. The van der Waals surface area contributed by atoms with Crippen molar-refractivity contribution in [2.45, 2.75) is 18.7 Å². The van der Waals surface area contributed by atoms with E-state index in [1.54, 1.807) is 30.3 Å². The van der Waals surface area contributed by atoms with E-state index in [2.05, 4.69) is 10.0 Å². The maximum Gasteiger partial charge on any atom is 0.244 e. The Labute approximate surface area is 183 Å². The highest BCUT2D eigenvalue weighted by Gasteiger charge is 2.13. The average Bonchev–Trinajstić information content (AvgIpc) is 2.77. The first-order chi connectivity index (χ1) is 14.9. The summed E-state index contributed by atoms with van der Waals surface area (Å²) in [4.78, 5) is 12.1. The Kier molecular flexibility index (Phi) is 9.36. The number of hydrogen-bond acceptors (Lipinski definition) is 6. The van der Waals surface area contributed by atoms with E-state index in [0.29, 0.717) is 30.5 Å². The number of carbonyl (C=O) groups excluding carboxylic acids is 1. The van der Waals surface area contributed by atoms with Crippen molar-refractivity contribution in [2.24, 2.45) is 0 Å². The number of ether oxygens (including phenoxy) is 3. The molecule has 2 aromatic rings. The van der Waals surface area contributed by atoms with Crippen LogP contribution in [0.1, 0.15) is 19.4 Å². The smallest absolute Gasteiger partial charge is 0.244 e. The first-order valence-electron chi connectivity index (χ1n) is 9.89. The van der Waals surface area contributed by atoms with E-state index in [-0.39, 0.29) is 23.9 Å². The monoisotopic (exact) mass is 448 g/mol. The molecule has 2 rings (SSSR count). The second-order valence-corrected chi connectivity index (χ2v) is 8.04. The van der Waals surface area contributed by atoms with Gasteiger partial charge < -0.3 is 19.5 Å². The second-order valence-electron chi connectivity index (χ2n) is 6.27. The van der Waals surface area contributed by atoms with Gasteiger partial charge in [-0.3, -0.25) is 4.79 Å². The summed E-state index contributed by atoms with van der Waals surface area (Å²) in [5.74, 6) is 1.49. The zero-order chi connectivity index (χ0) is 22.7. The molecule has 9 heteroatoms. The fraction of sp³-hybridized carbons (Fsp3) is 0.318. The number of nitrogens with one attached hydrogen (secondary N) is 2. The van der Waals surface area contributed by atoms with Crippen LogP contribution in [0.2, 0.25) is 0 Å². The average molecular weight is 449 g/mol. The Morgan fingerprint density at radius 1 is 0.968 bits per heavy atom. The van der Waals surface area contributed by atoms with Gasteiger partial charge in [-0.05, 0) is 61.9 Å². The molecule has 0 radical (unpaired) electrons. The lowest BCUT2D eigenvalue weighted by molar-refractivity contribution is -0.116. The molecule has 0 aliphatic rings. The summed E-state index contributed by atoms with van der Waals surface area (Å²) in [5.41, 5.74) is 0.780. The number of hydrogen-bond donors (Lipinski definition) is 2. The molecule has 31 heavy (non-hydrogen) atoms. The Hall–Kier alpha value is -3.04. The van der Waals surface area contributed by atoms with Crippen molar-refractivity contribution < 1.29 is 27.4 Å². The van der Waals surface area contributed by atoms with Gasteiger partial charge >= 0.3 is 0 Å². The molecule has 0 saturated heterocycles. The predicted octanol–water partition coefficient (Wildman–Crippen LogP) is 2.60. The molecule has 0 saturated carbocycles. The Morgan fingerprint density at radius 3 is 2.29 bits per heavy atom. The first kappa shape index (κ1) is 24.2. The van der Waals surface area contributed by atoms with Crippen molar-refractivity contribution in [3.8, 4) is 17.2 Å². The van der Waals surface area contributed by atoms with E-state index in [4.69, 9.17) is 14.2 Å². The van der Waals surface area contributed by atoms with Gasteiger partial charge in [0.05, 0.1) is 25.2 Å². The van der Waals surface area contributed by atoms with Crippen molar-refractivity contribution in [1.82, 2.24) is 10.0 Å². The van der Waals surface area contributed by atoms with Gasteiger partial charge in [0.2, 0.25) is 15.9 Å². The maximum atomic E-state index is 12.2. The quantitative estimate of drug-likeness (QED) is 0.382. The molecular formula is C22H28N2O6S. The Balaban J connectivity index is 1.84. The number of rotatable bonds is 12. The Morgan fingerprint density at radius 2 is 1.65 bits per heavy atom. The van der Waals surface area contributed by atoms with Crippen LogP contribution in [0.15, 0.2) is 53.4 Å². The molecule has 1 amide bonds. The van der Waals surface area contributed by atoms with Gasteiger partial charge in [0.1, 0.15) is 5.75 Å². The Bertz CT molecular complexity index is 988. The highest BCUT2D eigenvalue weighted by molar-refractivity contribution is 7.89.